The topological polar surface area (TPSA) is 128 Å². The van der Waals surface area contributed by atoms with E-state index in [1.165, 1.54) is 19.2 Å². The smallest absolute Gasteiger partial charge is 0.433 e. The Hall–Kier alpha value is -3.93. The van der Waals surface area contributed by atoms with Crippen molar-refractivity contribution in [2.24, 2.45) is 10.7 Å². The summed E-state index contributed by atoms with van der Waals surface area (Å²) < 4.78 is 50.5. The van der Waals surface area contributed by atoms with E-state index in [1.807, 2.05) is 6.92 Å². The number of aromatic nitrogens is 2. The van der Waals surface area contributed by atoms with Gasteiger partial charge in [0.2, 0.25) is 5.89 Å². The van der Waals surface area contributed by atoms with Crippen LogP contribution in [0.25, 0.3) is 22.4 Å². The summed E-state index contributed by atoms with van der Waals surface area (Å²) in [7, 11) is 1.33. The van der Waals surface area contributed by atoms with E-state index in [0.29, 0.717) is 23.2 Å². The number of benzene rings is 1. The third-order valence-corrected chi connectivity index (χ3v) is 5.21. The number of nitrogens with one attached hydrogen (secondary N) is 2. The monoisotopic (exact) mass is 474 g/mol. The third kappa shape index (κ3) is 4.44. The lowest BCUT2D eigenvalue weighted by molar-refractivity contribution is -0.140. The predicted molar refractivity (Wildman–Crippen MR) is 118 cm³/mol. The van der Waals surface area contributed by atoms with E-state index in [2.05, 4.69) is 25.6 Å². The molecule has 0 spiro atoms. The largest absolute Gasteiger partial charge is 0.494 e. The number of halogens is 3. The standard InChI is InChI=1S/C22H21F3N6O3/c1-11-14(28-8-7-27-11)10-29-20(32)19-16(9-26)34-21(31-19)13-3-5-15(33-2)18-12(13)4-6-17(30-18)22(23,24)25/h3-6,8,27H,7,9-10,26H2,1-2H3,(H,29,32). The number of hydrogen-bond acceptors (Lipinski definition) is 8. The second-order valence-corrected chi connectivity index (χ2v) is 7.35. The number of hydrogen-bond donors (Lipinski definition) is 3. The third-order valence-electron chi connectivity index (χ3n) is 5.21. The Bertz CT molecular complexity index is 1310. The summed E-state index contributed by atoms with van der Waals surface area (Å²) in [6.45, 7) is 2.52. The number of fused-ring (bicyclic) bond motifs is 1. The predicted octanol–water partition coefficient (Wildman–Crippen LogP) is 3.01. The van der Waals surface area contributed by atoms with E-state index in [4.69, 9.17) is 14.9 Å². The first kappa shape index (κ1) is 23.2. The zero-order valence-corrected chi connectivity index (χ0v) is 18.3. The average Bonchev–Trinajstić information content (AvgIpc) is 3.26. The van der Waals surface area contributed by atoms with E-state index >= 15 is 0 Å². The van der Waals surface area contributed by atoms with Crippen molar-refractivity contribution in [1.82, 2.24) is 20.6 Å². The lowest BCUT2D eigenvalue weighted by Gasteiger charge is -2.14. The number of allylic oxidation sites excluding steroid dienone is 1. The number of amides is 1. The van der Waals surface area contributed by atoms with Gasteiger partial charge in [0, 0.05) is 22.9 Å². The van der Waals surface area contributed by atoms with Crippen LogP contribution in [0.15, 0.2) is 45.1 Å². The molecule has 0 aliphatic carbocycles. The van der Waals surface area contributed by atoms with Crippen LogP contribution < -0.4 is 21.1 Å². The van der Waals surface area contributed by atoms with Gasteiger partial charge in [0.05, 0.1) is 32.4 Å². The first-order chi connectivity index (χ1) is 16.2. The first-order valence-electron chi connectivity index (χ1n) is 10.2. The fourth-order valence-corrected chi connectivity index (χ4v) is 3.46. The Morgan fingerprint density at radius 2 is 2.06 bits per heavy atom. The molecule has 2 aromatic heterocycles. The average molecular weight is 474 g/mol. The van der Waals surface area contributed by atoms with Gasteiger partial charge in [0.25, 0.3) is 5.91 Å². The number of carbonyl (C=O) groups is 1. The molecule has 1 aliphatic heterocycles. The SMILES string of the molecule is COc1ccc(-c2nc(C(=O)NCC3=C(C)NCC=N3)c(CN)o2)c2ccc(C(F)(F)F)nc12. The van der Waals surface area contributed by atoms with E-state index in [-0.39, 0.29) is 41.7 Å². The molecule has 1 amide bonds. The van der Waals surface area contributed by atoms with E-state index in [0.717, 1.165) is 11.8 Å². The molecule has 4 rings (SSSR count). The number of ether oxygens (including phenoxy) is 1. The molecule has 0 radical (unpaired) electrons. The first-order valence-corrected chi connectivity index (χ1v) is 10.2. The summed E-state index contributed by atoms with van der Waals surface area (Å²) >= 11 is 0. The van der Waals surface area contributed by atoms with Gasteiger partial charge in [-0.2, -0.15) is 13.2 Å². The molecule has 0 saturated carbocycles. The summed E-state index contributed by atoms with van der Waals surface area (Å²) in [5, 5.41) is 6.17. The van der Waals surface area contributed by atoms with Crippen LogP contribution in [0.3, 0.4) is 0 Å². The minimum Gasteiger partial charge on any atom is -0.494 e. The highest BCUT2D eigenvalue weighted by Crippen LogP contribution is 2.36. The van der Waals surface area contributed by atoms with Crippen molar-refractivity contribution in [2.45, 2.75) is 19.6 Å². The molecule has 3 heterocycles. The van der Waals surface area contributed by atoms with Gasteiger partial charge in [-0.05, 0) is 31.2 Å². The van der Waals surface area contributed by atoms with E-state index in [9.17, 15) is 18.0 Å². The number of oxazole rings is 1. The Kier molecular flexibility index (Phi) is 6.24. The van der Waals surface area contributed by atoms with Gasteiger partial charge in [0.1, 0.15) is 17.0 Å². The van der Waals surface area contributed by atoms with Crippen molar-refractivity contribution in [3.63, 3.8) is 0 Å². The van der Waals surface area contributed by atoms with Crippen LogP contribution >= 0.6 is 0 Å². The van der Waals surface area contributed by atoms with Gasteiger partial charge in [0.15, 0.2) is 11.5 Å². The van der Waals surface area contributed by atoms with Gasteiger partial charge in [-0.3, -0.25) is 9.79 Å². The van der Waals surface area contributed by atoms with Crippen molar-refractivity contribution < 1.29 is 27.1 Å². The number of nitrogens with zero attached hydrogens (tertiary/aromatic N) is 3. The molecule has 1 aliphatic rings. The van der Waals surface area contributed by atoms with Gasteiger partial charge < -0.3 is 25.5 Å². The molecule has 12 heteroatoms. The number of methoxy groups -OCH3 is 1. The van der Waals surface area contributed by atoms with Crippen LogP contribution in [-0.4, -0.2) is 42.3 Å². The normalized spacial score (nSPS) is 13.8. The van der Waals surface area contributed by atoms with E-state index in [1.54, 1.807) is 12.3 Å². The van der Waals surface area contributed by atoms with Crippen molar-refractivity contribution in [3.05, 3.63) is 52.8 Å². The molecule has 1 aromatic carbocycles. The Balaban J connectivity index is 1.71. The number of alkyl halides is 3. The maximum atomic E-state index is 13.2. The lowest BCUT2D eigenvalue weighted by Crippen LogP contribution is -2.30. The number of rotatable bonds is 6. The summed E-state index contributed by atoms with van der Waals surface area (Å²) in [5.41, 5.74) is 6.51. The highest BCUT2D eigenvalue weighted by Gasteiger charge is 2.33. The van der Waals surface area contributed by atoms with Crippen LogP contribution in [0.5, 0.6) is 5.75 Å². The van der Waals surface area contributed by atoms with Crippen molar-refractivity contribution in [3.8, 4) is 17.2 Å². The van der Waals surface area contributed by atoms with Crippen molar-refractivity contribution >= 4 is 23.0 Å². The molecule has 0 bridgehead atoms. The molecule has 0 fully saturated rings. The fourth-order valence-electron chi connectivity index (χ4n) is 3.46. The second kappa shape index (κ2) is 9.14. The molecule has 4 N–H and O–H groups in total. The Labute approximate surface area is 191 Å². The fraction of sp³-hybridized carbons (Fsp3) is 0.273. The molecular weight excluding hydrogens is 453 g/mol. The molecule has 0 unspecified atom stereocenters. The Morgan fingerprint density at radius 1 is 1.26 bits per heavy atom. The summed E-state index contributed by atoms with van der Waals surface area (Å²) in [6.07, 6.45) is -2.93. The molecule has 178 valence electrons. The number of carbonyl (C=O) groups excluding carboxylic acids is 1. The molecule has 34 heavy (non-hydrogen) atoms. The zero-order valence-electron chi connectivity index (χ0n) is 18.3. The van der Waals surface area contributed by atoms with Gasteiger partial charge in [-0.25, -0.2) is 9.97 Å². The molecule has 3 aromatic rings. The van der Waals surface area contributed by atoms with Crippen molar-refractivity contribution in [1.29, 1.82) is 0 Å². The van der Waals surface area contributed by atoms with Gasteiger partial charge >= 0.3 is 6.18 Å². The maximum Gasteiger partial charge on any atom is 0.433 e. The van der Waals surface area contributed by atoms with Gasteiger partial charge in [-0.15, -0.1) is 0 Å². The van der Waals surface area contributed by atoms with Crippen LogP contribution in [0.1, 0.15) is 28.9 Å². The van der Waals surface area contributed by atoms with Crippen LogP contribution in [0.2, 0.25) is 0 Å². The van der Waals surface area contributed by atoms with Crippen LogP contribution in [-0.2, 0) is 12.7 Å². The van der Waals surface area contributed by atoms with Gasteiger partial charge in [-0.1, -0.05) is 0 Å². The maximum absolute atomic E-state index is 13.2. The molecule has 0 saturated heterocycles. The highest BCUT2D eigenvalue weighted by molar-refractivity contribution is 5.98. The summed E-state index contributed by atoms with van der Waals surface area (Å²) in [4.78, 5) is 25.1. The lowest BCUT2D eigenvalue weighted by atomic mass is 10.1. The summed E-state index contributed by atoms with van der Waals surface area (Å²) in [6, 6.07) is 5.15. The molecular formula is C22H21F3N6O3. The number of aliphatic imine (C=N–C) groups is 1. The minimum absolute atomic E-state index is 0.0154. The highest BCUT2D eigenvalue weighted by atomic mass is 19.4. The molecule has 9 nitrogen and oxygen atoms in total. The van der Waals surface area contributed by atoms with Crippen LogP contribution in [0, 0.1) is 0 Å². The van der Waals surface area contributed by atoms with Crippen molar-refractivity contribution in [2.75, 3.05) is 20.2 Å². The second-order valence-electron chi connectivity index (χ2n) is 7.35. The number of nitrogens with two attached hydrogens (primary N) is 1. The van der Waals surface area contributed by atoms with Crippen LogP contribution in [0.4, 0.5) is 13.2 Å². The Morgan fingerprint density at radius 3 is 2.74 bits per heavy atom. The molecule has 0 atom stereocenters. The quantitative estimate of drug-likeness (QED) is 0.501. The minimum atomic E-state index is -4.62. The zero-order chi connectivity index (χ0) is 24.5. The number of pyridine rings is 1. The summed E-state index contributed by atoms with van der Waals surface area (Å²) in [5.74, 6) is -0.217. The van der Waals surface area contributed by atoms with E-state index < -0.39 is 17.8 Å².